The first kappa shape index (κ1) is 12.4. The van der Waals surface area contributed by atoms with Crippen LogP contribution in [0.1, 0.15) is 6.92 Å². The van der Waals surface area contributed by atoms with Crippen LogP contribution in [0.2, 0.25) is 0 Å². The topological polar surface area (TPSA) is 105 Å². The number of carboxylic acids is 1. The molecule has 0 saturated carbocycles. The molecule has 80 valence electrons. The minimum atomic E-state index is -1.17. The maximum atomic E-state index is 10.8. The van der Waals surface area contributed by atoms with Gasteiger partial charge in [0.2, 0.25) is 0 Å². The Balaban J connectivity index is 3.74. The molecule has 0 heterocycles. The van der Waals surface area contributed by atoms with Crippen LogP contribution in [0.15, 0.2) is 0 Å². The third-order valence-electron chi connectivity index (χ3n) is 1.29. The number of amides is 3. The van der Waals surface area contributed by atoms with Gasteiger partial charge in [-0.25, -0.2) is 9.59 Å². The van der Waals surface area contributed by atoms with E-state index in [0.29, 0.717) is 0 Å². The summed E-state index contributed by atoms with van der Waals surface area (Å²) in [6.07, 6.45) is -1.08. The van der Waals surface area contributed by atoms with Crippen molar-refractivity contribution >= 4 is 17.9 Å². The summed E-state index contributed by atoms with van der Waals surface area (Å²) >= 11 is 0. The molecule has 0 rings (SSSR count). The van der Waals surface area contributed by atoms with E-state index >= 15 is 0 Å². The number of hydrogen-bond acceptors (Lipinski definition) is 4. The smallest absolute Gasteiger partial charge is 0.332 e. The van der Waals surface area contributed by atoms with Crippen molar-refractivity contribution in [2.24, 2.45) is 0 Å². The van der Waals surface area contributed by atoms with Gasteiger partial charge >= 0.3 is 12.0 Å². The predicted octanol–water partition coefficient (Wildman–Crippen LogP) is -1.07. The van der Waals surface area contributed by atoms with Crippen LogP contribution in [0, 0.1) is 0 Å². The molecule has 1 unspecified atom stereocenters. The largest absolute Gasteiger partial charge is 0.479 e. The van der Waals surface area contributed by atoms with Crippen LogP contribution in [0.5, 0.6) is 0 Å². The van der Waals surface area contributed by atoms with Crippen LogP contribution in [0.4, 0.5) is 4.79 Å². The Kier molecular flexibility index (Phi) is 5.23. The maximum Gasteiger partial charge on any atom is 0.332 e. The van der Waals surface area contributed by atoms with Gasteiger partial charge in [0, 0.05) is 7.05 Å². The van der Waals surface area contributed by atoms with Crippen molar-refractivity contribution in [1.29, 1.82) is 0 Å². The van der Waals surface area contributed by atoms with E-state index in [2.05, 4.69) is 10.1 Å². The quantitative estimate of drug-likeness (QED) is 0.541. The number of rotatable bonds is 4. The Morgan fingerprint density at radius 2 is 2.00 bits per heavy atom. The normalized spacial score (nSPS) is 11.6. The monoisotopic (exact) mass is 204 g/mol. The van der Waals surface area contributed by atoms with Crippen LogP contribution in [0.3, 0.4) is 0 Å². The van der Waals surface area contributed by atoms with E-state index in [9.17, 15) is 14.4 Å². The first-order valence-corrected chi connectivity index (χ1v) is 3.83. The molecule has 0 radical (unpaired) electrons. The summed E-state index contributed by atoms with van der Waals surface area (Å²) in [5.74, 6) is -1.87. The number of carboxylic acid groups (broad SMARTS) is 1. The predicted molar refractivity (Wildman–Crippen MR) is 45.6 cm³/mol. The summed E-state index contributed by atoms with van der Waals surface area (Å²) in [4.78, 5) is 31.7. The van der Waals surface area contributed by atoms with Gasteiger partial charge in [0.05, 0.1) is 0 Å². The molecule has 14 heavy (non-hydrogen) atoms. The highest BCUT2D eigenvalue weighted by molar-refractivity contribution is 5.94. The second kappa shape index (κ2) is 5.92. The number of hydrogen-bond donors (Lipinski definition) is 3. The average molecular weight is 204 g/mol. The lowest BCUT2D eigenvalue weighted by atomic mass is 10.4. The Bertz CT molecular complexity index is 240. The van der Waals surface area contributed by atoms with Gasteiger partial charge in [-0.1, -0.05) is 0 Å². The molecular weight excluding hydrogens is 192 g/mol. The zero-order chi connectivity index (χ0) is 11.1. The fraction of sp³-hybridized carbons (Fsp3) is 0.571. The van der Waals surface area contributed by atoms with E-state index in [1.165, 1.54) is 14.0 Å². The molecule has 7 heteroatoms. The van der Waals surface area contributed by atoms with Crippen molar-refractivity contribution in [2.75, 3.05) is 13.7 Å². The Labute approximate surface area is 80.4 Å². The van der Waals surface area contributed by atoms with Gasteiger partial charge in [-0.15, -0.1) is 0 Å². The van der Waals surface area contributed by atoms with Crippen molar-refractivity contribution in [3.63, 3.8) is 0 Å². The number of nitrogens with one attached hydrogen (secondary N) is 2. The van der Waals surface area contributed by atoms with E-state index in [-0.39, 0.29) is 0 Å². The third kappa shape index (κ3) is 5.09. The molecule has 0 aliphatic heterocycles. The molecule has 0 spiro atoms. The van der Waals surface area contributed by atoms with Gasteiger partial charge in [0.25, 0.3) is 5.91 Å². The molecule has 7 nitrogen and oxygen atoms in total. The van der Waals surface area contributed by atoms with E-state index in [1.54, 1.807) is 0 Å². The van der Waals surface area contributed by atoms with E-state index < -0.39 is 30.6 Å². The Hall–Kier alpha value is -1.63. The zero-order valence-corrected chi connectivity index (χ0v) is 7.86. The van der Waals surface area contributed by atoms with Gasteiger partial charge in [0.1, 0.15) is 6.61 Å². The van der Waals surface area contributed by atoms with Crippen LogP contribution in [0.25, 0.3) is 0 Å². The lowest BCUT2D eigenvalue weighted by molar-refractivity contribution is -0.150. The molecule has 3 N–H and O–H groups in total. The number of ether oxygens (including phenoxy) is 1. The van der Waals surface area contributed by atoms with E-state index in [4.69, 9.17) is 5.11 Å². The number of carbonyl (C=O) groups is 3. The molecular formula is C7H12N2O5. The SMILES string of the molecule is CNC(=O)NC(=O)COC(C)C(=O)O. The summed E-state index contributed by atoms with van der Waals surface area (Å²) in [6.45, 7) is 0.816. The van der Waals surface area contributed by atoms with Crippen LogP contribution in [-0.4, -0.2) is 42.8 Å². The van der Waals surface area contributed by atoms with E-state index in [0.717, 1.165) is 0 Å². The first-order chi connectivity index (χ1) is 6.47. The summed E-state index contributed by atoms with van der Waals surface area (Å²) in [5.41, 5.74) is 0. The fourth-order valence-electron chi connectivity index (χ4n) is 0.497. The van der Waals surface area contributed by atoms with Crippen molar-refractivity contribution < 1.29 is 24.2 Å². The molecule has 0 saturated heterocycles. The van der Waals surface area contributed by atoms with Crippen molar-refractivity contribution in [3.05, 3.63) is 0 Å². The van der Waals surface area contributed by atoms with Gasteiger partial charge in [-0.3, -0.25) is 10.1 Å². The molecule has 0 aromatic heterocycles. The van der Waals surface area contributed by atoms with Gasteiger partial charge in [-0.05, 0) is 6.92 Å². The number of urea groups is 1. The summed E-state index contributed by atoms with van der Waals surface area (Å²) in [5, 5.41) is 12.5. The van der Waals surface area contributed by atoms with Crippen LogP contribution in [-0.2, 0) is 14.3 Å². The van der Waals surface area contributed by atoms with Crippen molar-refractivity contribution in [2.45, 2.75) is 13.0 Å². The van der Waals surface area contributed by atoms with Crippen LogP contribution < -0.4 is 10.6 Å². The highest BCUT2D eigenvalue weighted by Gasteiger charge is 2.13. The molecule has 0 aliphatic rings. The van der Waals surface area contributed by atoms with Gasteiger partial charge < -0.3 is 15.2 Å². The highest BCUT2D eigenvalue weighted by Crippen LogP contribution is 1.89. The third-order valence-corrected chi connectivity index (χ3v) is 1.29. The second-order valence-electron chi connectivity index (χ2n) is 2.42. The molecule has 0 aromatic carbocycles. The van der Waals surface area contributed by atoms with Crippen molar-refractivity contribution in [3.8, 4) is 0 Å². The standard InChI is InChI=1S/C7H12N2O5/c1-4(6(11)12)14-3-5(10)9-7(13)8-2/h4H,3H2,1-2H3,(H,11,12)(H2,8,9,10,13). The highest BCUT2D eigenvalue weighted by atomic mass is 16.5. The van der Waals surface area contributed by atoms with E-state index in [1.807, 2.05) is 5.32 Å². The molecule has 0 aliphatic carbocycles. The second-order valence-corrected chi connectivity index (χ2v) is 2.42. The number of imide groups is 1. The summed E-state index contributed by atoms with van der Waals surface area (Å²) in [7, 11) is 1.35. The minimum absolute atomic E-state index is 0.471. The molecule has 3 amide bonds. The Morgan fingerprint density at radius 1 is 1.43 bits per heavy atom. The van der Waals surface area contributed by atoms with Crippen molar-refractivity contribution in [1.82, 2.24) is 10.6 Å². The van der Waals surface area contributed by atoms with Gasteiger partial charge in [0.15, 0.2) is 6.10 Å². The maximum absolute atomic E-state index is 10.8. The minimum Gasteiger partial charge on any atom is -0.479 e. The summed E-state index contributed by atoms with van der Waals surface area (Å²) < 4.78 is 4.62. The summed E-state index contributed by atoms with van der Waals surface area (Å²) in [6, 6.07) is -0.665. The lowest BCUT2D eigenvalue weighted by Crippen LogP contribution is -2.40. The zero-order valence-electron chi connectivity index (χ0n) is 7.86. The van der Waals surface area contributed by atoms with Gasteiger partial charge in [-0.2, -0.15) is 0 Å². The molecule has 1 atom stereocenters. The fourth-order valence-corrected chi connectivity index (χ4v) is 0.497. The first-order valence-electron chi connectivity index (χ1n) is 3.83. The number of carbonyl (C=O) groups excluding carboxylic acids is 2. The molecule has 0 fully saturated rings. The molecule has 0 aromatic rings. The van der Waals surface area contributed by atoms with Crippen LogP contribution >= 0.6 is 0 Å². The number of aliphatic carboxylic acids is 1. The Morgan fingerprint density at radius 3 is 2.43 bits per heavy atom. The lowest BCUT2D eigenvalue weighted by Gasteiger charge is -2.07. The molecule has 0 bridgehead atoms. The average Bonchev–Trinajstić information content (AvgIpc) is 2.13.